The molecule has 0 amide bonds. The number of halogens is 1. The first-order valence-electron chi connectivity index (χ1n) is 3.16. The molecule has 3 heteroatoms. The third-order valence-corrected chi connectivity index (χ3v) is 1.34. The molecule has 0 radical (unpaired) electrons. The average molecular weight is 132 g/mol. The summed E-state index contributed by atoms with van der Waals surface area (Å²) in [5.74, 6) is 0.458. The lowest BCUT2D eigenvalue weighted by molar-refractivity contribution is 0.432. The molecular formula is C6H13FN2. The molecule has 0 unspecified atom stereocenters. The molecule has 2 nitrogen and oxygen atoms in total. The van der Waals surface area contributed by atoms with E-state index in [1.54, 1.807) is 6.92 Å². The van der Waals surface area contributed by atoms with E-state index >= 15 is 0 Å². The molecule has 0 spiro atoms. The number of nitrogens with zero attached hydrogens (tertiary/aromatic N) is 2. The number of amidine groups is 1. The Morgan fingerprint density at radius 1 is 1.44 bits per heavy atom. The van der Waals surface area contributed by atoms with Crippen LogP contribution in [0.5, 0.6) is 0 Å². The first kappa shape index (κ1) is 8.40. The predicted octanol–water partition coefficient (Wildman–Crippen LogP) is 1.63. The first-order valence-corrected chi connectivity index (χ1v) is 3.16. The highest BCUT2D eigenvalue weighted by atomic mass is 19.2. The monoisotopic (exact) mass is 132 g/mol. The van der Waals surface area contributed by atoms with Crippen molar-refractivity contribution in [1.82, 2.24) is 4.90 Å². The van der Waals surface area contributed by atoms with Crippen LogP contribution in [-0.4, -0.2) is 23.8 Å². The van der Waals surface area contributed by atoms with E-state index in [0.29, 0.717) is 5.84 Å². The fraction of sp³-hybridized carbons (Fsp3) is 0.833. The van der Waals surface area contributed by atoms with Crippen LogP contribution >= 0.6 is 0 Å². The second kappa shape index (κ2) is 4.30. The number of hydrogen-bond donors (Lipinski definition) is 0. The summed E-state index contributed by atoms with van der Waals surface area (Å²) in [6.45, 7) is 7.23. The minimum atomic E-state index is 0.458. The van der Waals surface area contributed by atoms with Crippen molar-refractivity contribution < 1.29 is 4.48 Å². The zero-order chi connectivity index (χ0) is 7.28. The van der Waals surface area contributed by atoms with Crippen molar-refractivity contribution in [3.05, 3.63) is 0 Å². The molecule has 0 aliphatic rings. The molecule has 0 rings (SSSR count). The number of rotatable bonds is 2. The highest BCUT2D eigenvalue weighted by Gasteiger charge is 1.98. The highest BCUT2D eigenvalue weighted by Crippen LogP contribution is 1.90. The van der Waals surface area contributed by atoms with Crippen LogP contribution in [0.1, 0.15) is 20.8 Å². The first-order chi connectivity index (χ1) is 4.26. The maximum atomic E-state index is 11.6. The maximum absolute atomic E-state index is 11.6. The van der Waals surface area contributed by atoms with Crippen molar-refractivity contribution in [2.45, 2.75) is 20.8 Å². The smallest absolute Gasteiger partial charge is 0.134 e. The predicted molar refractivity (Wildman–Crippen MR) is 37.1 cm³/mol. The van der Waals surface area contributed by atoms with Crippen LogP contribution in [-0.2, 0) is 0 Å². The molecule has 0 saturated carbocycles. The Hall–Kier alpha value is -0.600. The van der Waals surface area contributed by atoms with Gasteiger partial charge < -0.3 is 4.90 Å². The van der Waals surface area contributed by atoms with E-state index < -0.39 is 0 Å². The van der Waals surface area contributed by atoms with E-state index in [1.807, 2.05) is 18.7 Å². The SMILES string of the molecule is CCN(CC)/C(C)=N/F. The lowest BCUT2D eigenvalue weighted by atomic mass is 10.5. The van der Waals surface area contributed by atoms with Gasteiger partial charge >= 0.3 is 0 Å². The van der Waals surface area contributed by atoms with Crippen molar-refractivity contribution in [3.8, 4) is 0 Å². The van der Waals surface area contributed by atoms with E-state index in [-0.39, 0.29) is 0 Å². The van der Waals surface area contributed by atoms with Crippen LogP contribution in [0.3, 0.4) is 0 Å². The molecule has 0 aromatic carbocycles. The van der Waals surface area contributed by atoms with Gasteiger partial charge in [-0.15, -0.1) is 0 Å². The average Bonchev–Trinajstić information content (AvgIpc) is 1.90. The quantitative estimate of drug-likeness (QED) is 0.412. The summed E-state index contributed by atoms with van der Waals surface area (Å²) in [4.78, 5) is 1.85. The van der Waals surface area contributed by atoms with Gasteiger partial charge in [-0.05, 0) is 20.8 Å². The van der Waals surface area contributed by atoms with Crippen molar-refractivity contribution in [2.24, 2.45) is 5.21 Å². The Kier molecular flexibility index (Phi) is 4.01. The summed E-state index contributed by atoms with van der Waals surface area (Å²) in [7, 11) is 0. The number of hydrogen-bond acceptors (Lipinski definition) is 1. The Labute approximate surface area is 55.3 Å². The highest BCUT2D eigenvalue weighted by molar-refractivity contribution is 5.78. The lowest BCUT2D eigenvalue weighted by Gasteiger charge is -2.17. The summed E-state index contributed by atoms with van der Waals surface area (Å²) >= 11 is 0. The second-order valence-corrected chi connectivity index (χ2v) is 1.80. The van der Waals surface area contributed by atoms with Crippen LogP contribution in [0.15, 0.2) is 5.21 Å². The van der Waals surface area contributed by atoms with Crippen LogP contribution in [0.2, 0.25) is 0 Å². The summed E-state index contributed by atoms with van der Waals surface area (Å²) in [6.07, 6.45) is 0. The van der Waals surface area contributed by atoms with Crippen LogP contribution < -0.4 is 0 Å². The fourth-order valence-electron chi connectivity index (χ4n) is 0.735. The van der Waals surface area contributed by atoms with Gasteiger partial charge in [0, 0.05) is 13.1 Å². The van der Waals surface area contributed by atoms with Gasteiger partial charge in [0.2, 0.25) is 0 Å². The molecule has 0 aliphatic heterocycles. The van der Waals surface area contributed by atoms with E-state index in [2.05, 4.69) is 5.21 Å². The van der Waals surface area contributed by atoms with Crippen molar-refractivity contribution >= 4 is 5.84 Å². The fourth-order valence-corrected chi connectivity index (χ4v) is 0.735. The van der Waals surface area contributed by atoms with E-state index in [4.69, 9.17) is 0 Å². The normalized spacial score (nSPS) is 11.8. The van der Waals surface area contributed by atoms with Gasteiger partial charge in [0.25, 0.3) is 0 Å². The minimum absolute atomic E-state index is 0.458. The minimum Gasteiger partial charge on any atom is -0.359 e. The molecule has 0 heterocycles. The molecule has 0 saturated heterocycles. The maximum Gasteiger partial charge on any atom is 0.134 e. The Bertz CT molecular complexity index is 97.2. The van der Waals surface area contributed by atoms with Crippen LogP contribution in [0, 0.1) is 0 Å². The molecule has 0 aromatic rings. The molecule has 0 aromatic heterocycles. The van der Waals surface area contributed by atoms with E-state index in [1.165, 1.54) is 0 Å². The third-order valence-electron chi connectivity index (χ3n) is 1.34. The summed E-state index contributed by atoms with van der Waals surface area (Å²) in [5.41, 5.74) is 0. The molecule has 9 heavy (non-hydrogen) atoms. The Balaban J connectivity index is 3.79. The van der Waals surface area contributed by atoms with Crippen LogP contribution in [0.4, 0.5) is 4.48 Å². The van der Waals surface area contributed by atoms with Gasteiger partial charge in [0.1, 0.15) is 5.84 Å². The lowest BCUT2D eigenvalue weighted by Crippen LogP contribution is -2.27. The summed E-state index contributed by atoms with van der Waals surface area (Å²) in [6, 6.07) is 0. The van der Waals surface area contributed by atoms with Crippen LogP contribution in [0.25, 0.3) is 0 Å². The van der Waals surface area contributed by atoms with Crippen molar-refractivity contribution in [1.29, 1.82) is 0 Å². The Morgan fingerprint density at radius 3 is 2.00 bits per heavy atom. The summed E-state index contributed by atoms with van der Waals surface area (Å²) < 4.78 is 11.6. The summed E-state index contributed by atoms with van der Waals surface area (Å²) in [5, 5.41) is 2.57. The molecule has 0 aliphatic carbocycles. The van der Waals surface area contributed by atoms with Crippen molar-refractivity contribution in [2.75, 3.05) is 13.1 Å². The van der Waals surface area contributed by atoms with E-state index in [0.717, 1.165) is 13.1 Å². The van der Waals surface area contributed by atoms with Gasteiger partial charge in [0.15, 0.2) is 0 Å². The Morgan fingerprint density at radius 2 is 1.89 bits per heavy atom. The van der Waals surface area contributed by atoms with Gasteiger partial charge in [-0.2, -0.15) is 0 Å². The van der Waals surface area contributed by atoms with Gasteiger partial charge in [-0.3, -0.25) is 0 Å². The van der Waals surface area contributed by atoms with Gasteiger partial charge in [-0.1, -0.05) is 9.70 Å². The standard InChI is InChI=1S/C6H13FN2/c1-4-9(5-2)6(3)8-7/h4-5H2,1-3H3/b8-6+. The van der Waals surface area contributed by atoms with Crippen molar-refractivity contribution in [3.63, 3.8) is 0 Å². The molecule has 0 atom stereocenters. The third kappa shape index (κ3) is 2.44. The molecule has 0 fully saturated rings. The molecular weight excluding hydrogens is 119 g/mol. The molecule has 54 valence electrons. The van der Waals surface area contributed by atoms with Gasteiger partial charge in [-0.25, -0.2) is 0 Å². The largest absolute Gasteiger partial charge is 0.359 e. The molecule has 0 bridgehead atoms. The zero-order valence-electron chi connectivity index (χ0n) is 6.19. The van der Waals surface area contributed by atoms with E-state index in [9.17, 15) is 4.48 Å². The zero-order valence-corrected chi connectivity index (χ0v) is 6.19. The van der Waals surface area contributed by atoms with Gasteiger partial charge in [0.05, 0.1) is 0 Å². The second-order valence-electron chi connectivity index (χ2n) is 1.80. The topological polar surface area (TPSA) is 15.6 Å². The molecule has 0 N–H and O–H groups in total.